The molecule has 21 heavy (non-hydrogen) atoms. The Bertz CT molecular complexity index is 510. The maximum atomic E-state index is 12.3. The standard InChI is InChI=1S/C15H24N4O2/c1-10(2)15-16-14(17-21-15)12-5-4-8-19(12)9-13(20)18(3)11-6-7-11/h10-12H,4-9H2,1-3H3/t12-/m1/s1. The third-order valence-corrected chi connectivity index (χ3v) is 4.44. The summed E-state index contributed by atoms with van der Waals surface area (Å²) in [6.07, 6.45) is 4.37. The van der Waals surface area contributed by atoms with Crippen LogP contribution in [0, 0.1) is 0 Å². The second-order valence-corrected chi connectivity index (χ2v) is 6.51. The summed E-state index contributed by atoms with van der Waals surface area (Å²) in [6, 6.07) is 0.592. The molecular formula is C15H24N4O2. The van der Waals surface area contributed by atoms with E-state index in [0.717, 1.165) is 38.1 Å². The van der Waals surface area contributed by atoms with Gasteiger partial charge in [0, 0.05) is 19.0 Å². The Labute approximate surface area is 125 Å². The van der Waals surface area contributed by atoms with E-state index in [9.17, 15) is 4.79 Å². The van der Waals surface area contributed by atoms with E-state index in [4.69, 9.17) is 4.52 Å². The van der Waals surface area contributed by atoms with E-state index in [1.807, 2.05) is 25.8 Å². The lowest BCUT2D eigenvalue weighted by atomic mass is 10.2. The molecule has 116 valence electrons. The molecule has 0 aromatic carbocycles. The largest absolute Gasteiger partial charge is 0.342 e. The van der Waals surface area contributed by atoms with Gasteiger partial charge in [-0.3, -0.25) is 9.69 Å². The molecule has 1 saturated carbocycles. The van der Waals surface area contributed by atoms with Crippen molar-refractivity contribution in [1.29, 1.82) is 0 Å². The van der Waals surface area contributed by atoms with Crippen LogP contribution in [0.25, 0.3) is 0 Å². The average Bonchev–Trinajstić information content (AvgIpc) is 2.99. The van der Waals surface area contributed by atoms with E-state index >= 15 is 0 Å². The number of hydrogen-bond donors (Lipinski definition) is 0. The molecule has 2 aliphatic rings. The zero-order valence-electron chi connectivity index (χ0n) is 13.1. The van der Waals surface area contributed by atoms with Crippen LogP contribution in [-0.2, 0) is 4.79 Å². The first-order valence-corrected chi connectivity index (χ1v) is 7.89. The van der Waals surface area contributed by atoms with Gasteiger partial charge in [0.05, 0.1) is 12.6 Å². The summed E-state index contributed by atoms with van der Waals surface area (Å²) >= 11 is 0. The Morgan fingerprint density at radius 3 is 2.81 bits per heavy atom. The smallest absolute Gasteiger partial charge is 0.236 e. The molecule has 2 fully saturated rings. The summed E-state index contributed by atoms with van der Waals surface area (Å²) in [7, 11) is 1.91. The van der Waals surface area contributed by atoms with Gasteiger partial charge in [-0.25, -0.2) is 0 Å². The molecular weight excluding hydrogens is 268 g/mol. The van der Waals surface area contributed by atoms with Crippen LogP contribution in [0.15, 0.2) is 4.52 Å². The predicted octanol–water partition coefficient (Wildman–Crippen LogP) is 1.95. The van der Waals surface area contributed by atoms with Gasteiger partial charge < -0.3 is 9.42 Å². The van der Waals surface area contributed by atoms with Crippen LogP contribution >= 0.6 is 0 Å². The number of nitrogens with zero attached hydrogens (tertiary/aromatic N) is 4. The first-order chi connectivity index (χ1) is 10.1. The number of amides is 1. The fourth-order valence-corrected chi connectivity index (χ4v) is 2.88. The van der Waals surface area contributed by atoms with Gasteiger partial charge in [-0.15, -0.1) is 0 Å². The molecule has 0 bridgehead atoms. The van der Waals surface area contributed by atoms with E-state index < -0.39 is 0 Å². The fourth-order valence-electron chi connectivity index (χ4n) is 2.88. The van der Waals surface area contributed by atoms with Crippen molar-refractivity contribution in [2.45, 2.75) is 57.5 Å². The highest BCUT2D eigenvalue weighted by molar-refractivity contribution is 5.78. The van der Waals surface area contributed by atoms with Crippen molar-refractivity contribution in [3.63, 3.8) is 0 Å². The molecule has 6 heteroatoms. The number of likely N-dealkylation sites (tertiary alicyclic amines) is 1. The Kier molecular flexibility index (Phi) is 3.97. The van der Waals surface area contributed by atoms with E-state index in [0.29, 0.717) is 18.5 Å². The molecule has 0 unspecified atom stereocenters. The first-order valence-electron chi connectivity index (χ1n) is 7.89. The number of carbonyl (C=O) groups excluding carboxylic acids is 1. The summed E-state index contributed by atoms with van der Waals surface area (Å²) in [5.74, 6) is 1.86. The van der Waals surface area contributed by atoms with Gasteiger partial charge in [0.15, 0.2) is 5.82 Å². The fraction of sp³-hybridized carbons (Fsp3) is 0.800. The minimum Gasteiger partial charge on any atom is -0.342 e. The monoisotopic (exact) mass is 292 g/mol. The number of hydrogen-bond acceptors (Lipinski definition) is 5. The minimum absolute atomic E-state index is 0.123. The van der Waals surface area contributed by atoms with Crippen molar-refractivity contribution >= 4 is 5.91 Å². The van der Waals surface area contributed by atoms with Crippen molar-refractivity contribution in [1.82, 2.24) is 19.9 Å². The van der Waals surface area contributed by atoms with Crippen molar-refractivity contribution in [2.75, 3.05) is 20.1 Å². The maximum absolute atomic E-state index is 12.3. The topological polar surface area (TPSA) is 62.5 Å². The summed E-state index contributed by atoms with van der Waals surface area (Å²) in [4.78, 5) is 20.9. The Morgan fingerprint density at radius 1 is 1.43 bits per heavy atom. The normalized spacial score (nSPS) is 23.0. The maximum Gasteiger partial charge on any atom is 0.236 e. The van der Waals surface area contributed by atoms with E-state index in [1.54, 1.807) is 0 Å². The Morgan fingerprint density at radius 2 is 2.19 bits per heavy atom. The van der Waals surface area contributed by atoms with Gasteiger partial charge in [0.1, 0.15) is 0 Å². The van der Waals surface area contributed by atoms with Gasteiger partial charge in [0.25, 0.3) is 0 Å². The number of aromatic nitrogens is 2. The van der Waals surface area contributed by atoms with Crippen LogP contribution in [-0.4, -0.2) is 52.0 Å². The third-order valence-electron chi connectivity index (χ3n) is 4.44. The number of likely N-dealkylation sites (N-methyl/N-ethyl adjacent to an activating group) is 1. The van der Waals surface area contributed by atoms with Gasteiger partial charge in [-0.05, 0) is 32.2 Å². The van der Waals surface area contributed by atoms with Crippen LogP contribution in [0.1, 0.15) is 63.2 Å². The predicted molar refractivity (Wildman–Crippen MR) is 77.7 cm³/mol. The van der Waals surface area contributed by atoms with Crippen LogP contribution in [0.3, 0.4) is 0 Å². The first kappa shape index (κ1) is 14.5. The van der Waals surface area contributed by atoms with Crippen LogP contribution in [0.2, 0.25) is 0 Å². The lowest BCUT2D eigenvalue weighted by Crippen LogP contribution is -2.39. The van der Waals surface area contributed by atoms with Crippen LogP contribution < -0.4 is 0 Å². The molecule has 1 aliphatic heterocycles. The zero-order chi connectivity index (χ0) is 15.0. The summed E-state index contributed by atoms with van der Waals surface area (Å²) < 4.78 is 5.30. The molecule has 0 spiro atoms. The van der Waals surface area contributed by atoms with Crippen LogP contribution in [0.4, 0.5) is 0 Å². The van der Waals surface area contributed by atoms with Gasteiger partial charge in [-0.1, -0.05) is 19.0 Å². The Balaban J connectivity index is 1.65. The molecule has 6 nitrogen and oxygen atoms in total. The van der Waals surface area contributed by atoms with Crippen LogP contribution in [0.5, 0.6) is 0 Å². The summed E-state index contributed by atoms with van der Waals surface area (Å²) in [5.41, 5.74) is 0. The van der Waals surface area contributed by atoms with Crippen molar-refractivity contribution in [2.24, 2.45) is 0 Å². The minimum atomic E-state index is 0.123. The van der Waals surface area contributed by atoms with Crippen molar-refractivity contribution in [3.8, 4) is 0 Å². The average molecular weight is 292 g/mol. The molecule has 1 amide bonds. The van der Waals surface area contributed by atoms with Gasteiger partial charge in [0.2, 0.25) is 11.8 Å². The highest BCUT2D eigenvalue weighted by atomic mass is 16.5. The second kappa shape index (κ2) is 5.75. The Hall–Kier alpha value is -1.43. The molecule has 3 rings (SSSR count). The molecule has 1 saturated heterocycles. The summed E-state index contributed by atoms with van der Waals surface area (Å²) in [5, 5.41) is 4.12. The van der Waals surface area contributed by atoms with Gasteiger partial charge in [-0.2, -0.15) is 4.98 Å². The van der Waals surface area contributed by atoms with E-state index in [1.165, 1.54) is 0 Å². The summed E-state index contributed by atoms with van der Waals surface area (Å²) in [6.45, 7) is 5.47. The molecule has 2 heterocycles. The SMILES string of the molecule is CC(C)c1nc([C@H]2CCCN2CC(=O)N(C)C2CC2)no1. The number of carbonyl (C=O) groups is 1. The van der Waals surface area contributed by atoms with Gasteiger partial charge >= 0.3 is 0 Å². The zero-order valence-corrected chi connectivity index (χ0v) is 13.1. The molecule has 1 aromatic heterocycles. The highest BCUT2D eigenvalue weighted by Gasteiger charge is 2.35. The van der Waals surface area contributed by atoms with E-state index in [2.05, 4.69) is 15.0 Å². The van der Waals surface area contributed by atoms with Crippen molar-refractivity contribution < 1.29 is 9.32 Å². The highest BCUT2D eigenvalue weighted by Crippen LogP contribution is 2.31. The van der Waals surface area contributed by atoms with E-state index in [-0.39, 0.29) is 17.9 Å². The van der Waals surface area contributed by atoms with Crippen molar-refractivity contribution in [3.05, 3.63) is 11.7 Å². The third kappa shape index (κ3) is 3.10. The molecule has 0 radical (unpaired) electrons. The molecule has 1 aliphatic carbocycles. The second-order valence-electron chi connectivity index (χ2n) is 6.51. The quantitative estimate of drug-likeness (QED) is 0.830. The lowest BCUT2D eigenvalue weighted by molar-refractivity contribution is -0.131. The lowest BCUT2D eigenvalue weighted by Gasteiger charge is -2.24. The molecule has 0 N–H and O–H groups in total. The molecule has 1 aromatic rings. The molecule has 1 atom stereocenters. The number of rotatable bonds is 5.